The van der Waals surface area contributed by atoms with Gasteiger partial charge in [-0.3, -0.25) is 19.3 Å². The van der Waals surface area contributed by atoms with Gasteiger partial charge in [0.15, 0.2) is 5.13 Å². The molecule has 35 heavy (non-hydrogen) atoms. The first kappa shape index (κ1) is 26.1. The maximum absolute atomic E-state index is 13.6. The third kappa shape index (κ3) is 7.23. The minimum Gasteiger partial charge on any atom is -0.352 e. The van der Waals surface area contributed by atoms with Crippen molar-refractivity contribution in [3.05, 3.63) is 76.8 Å². The van der Waals surface area contributed by atoms with E-state index in [0.717, 1.165) is 17.5 Å². The molecule has 184 valence electrons. The van der Waals surface area contributed by atoms with Gasteiger partial charge < -0.3 is 10.6 Å². The maximum atomic E-state index is 13.6. The standard InChI is InChI=1S/C27H32N4O3S/c1-5-20-8-12-22(13-9-20)31(24(33)15-14-23(32)30-27-28-16-17-35-27)25(26(34)29-18(2)3)21-10-6-19(4)7-11-21/h6-13,16-18,25H,5,14-15H2,1-4H3,(H,29,34)(H,28,30,32). The molecule has 1 unspecified atom stereocenters. The molecule has 0 radical (unpaired) electrons. The van der Waals surface area contributed by atoms with Crippen molar-refractivity contribution in [3.63, 3.8) is 0 Å². The van der Waals surface area contributed by atoms with Crippen LogP contribution in [0.3, 0.4) is 0 Å². The molecule has 3 aromatic rings. The monoisotopic (exact) mass is 492 g/mol. The Balaban J connectivity index is 1.94. The molecule has 0 bridgehead atoms. The number of hydrogen-bond acceptors (Lipinski definition) is 5. The molecule has 3 amide bonds. The molecule has 2 N–H and O–H groups in total. The van der Waals surface area contributed by atoms with Gasteiger partial charge in [-0.25, -0.2) is 4.98 Å². The van der Waals surface area contributed by atoms with Crippen LogP contribution < -0.4 is 15.5 Å². The Labute approximate surface area is 210 Å². The molecular formula is C27H32N4O3S. The van der Waals surface area contributed by atoms with E-state index in [-0.39, 0.29) is 36.6 Å². The van der Waals surface area contributed by atoms with Crippen molar-refractivity contribution in [3.8, 4) is 0 Å². The predicted octanol–water partition coefficient (Wildman–Crippen LogP) is 5.03. The summed E-state index contributed by atoms with van der Waals surface area (Å²) in [4.78, 5) is 45.0. The largest absolute Gasteiger partial charge is 0.352 e. The minimum absolute atomic E-state index is 0.0195. The molecule has 0 spiro atoms. The normalized spacial score (nSPS) is 11.7. The van der Waals surface area contributed by atoms with E-state index in [1.54, 1.807) is 11.6 Å². The van der Waals surface area contributed by atoms with Crippen LogP contribution in [-0.2, 0) is 20.8 Å². The smallest absolute Gasteiger partial charge is 0.248 e. The Morgan fingerprint density at radius 2 is 1.69 bits per heavy atom. The predicted molar refractivity (Wildman–Crippen MR) is 140 cm³/mol. The van der Waals surface area contributed by atoms with Gasteiger partial charge in [-0.2, -0.15) is 0 Å². The Bertz CT molecular complexity index is 1130. The van der Waals surface area contributed by atoms with Crippen LogP contribution in [0.15, 0.2) is 60.1 Å². The summed E-state index contributed by atoms with van der Waals surface area (Å²) in [5.74, 6) is -0.884. The number of carbonyl (C=O) groups is 3. The zero-order valence-electron chi connectivity index (χ0n) is 20.6. The van der Waals surface area contributed by atoms with Crippen molar-refractivity contribution in [2.24, 2.45) is 0 Å². The van der Waals surface area contributed by atoms with Gasteiger partial charge in [-0.1, -0.05) is 48.9 Å². The summed E-state index contributed by atoms with van der Waals surface area (Å²) in [6, 6.07) is 14.2. The van der Waals surface area contributed by atoms with Crippen molar-refractivity contribution in [1.82, 2.24) is 10.3 Å². The summed E-state index contributed by atoms with van der Waals surface area (Å²) in [6.45, 7) is 7.80. The summed E-state index contributed by atoms with van der Waals surface area (Å²) in [5.41, 5.74) is 3.49. The zero-order chi connectivity index (χ0) is 25.4. The van der Waals surface area contributed by atoms with E-state index in [9.17, 15) is 14.4 Å². The van der Waals surface area contributed by atoms with Crippen LogP contribution in [-0.4, -0.2) is 28.7 Å². The van der Waals surface area contributed by atoms with Gasteiger partial charge in [0.2, 0.25) is 17.7 Å². The van der Waals surface area contributed by atoms with Gasteiger partial charge >= 0.3 is 0 Å². The molecule has 0 aliphatic carbocycles. The van der Waals surface area contributed by atoms with Gasteiger partial charge in [-0.15, -0.1) is 11.3 Å². The van der Waals surface area contributed by atoms with E-state index < -0.39 is 6.04 Å². The van der Waals surface area contributed by atoms with Crippen molar-refractivity contribution in [1.29, 1.82) is 0 Å². The fourth-order valence-corrected chi connectivity index (χ4v) is 4.21. The molecule has 8 heteroatoms. The third-order valence-corrected chi connectivity index (χ3v) is 6.16. The number of hydrogen-bond donors (Lipinski definition) is 2. The van der Waals surface area contributed by atoms with Gasteiger partial charge in [0.1, 0.15) is 6.04 Å². The Kier molecular flexibility index (Phi) is 9.14. The molecule has 2 aromatic carbocycles. The van der Waals surface area contributed by atoms with Gasteiger partial charge in [0.25, 0.3) is 0 Å². The fraction of sp³-hybridized carbons (Fsp3) is 0.333. The number of benzene rings is 2. The summed E-state index contributed by atoms with van der Waals surface area (Å²) in [5, 5.41) is 7.92. The number of amides is 3. The topological polar surface area (TPSA) is 91.4 Å². The quantitative estimate of drug-likeness (QED) is 0.415. The summed E-state index contributed by atoms with van der Waals surface area (Å²) >= 11 is 1.31. The van der Waals surface area contributed by atoms with E-state index in [2.05, 4.69) is 22.5 Å². The van der Waals surface area contributed by atoms with Gasteiger partial charge in [0.05, 0.1) is 0 Å². The molecule has 1 aromatic heterocycles. The molecule has 1 atom stereocenters. The molecule has 0 aliphatic heterocycles. The van der Waals surface area contributed by atoms with E-state index in [4.69, 9.17) is 0 Å². The van der Waals surface area contributed by atoms with Crippen LogP contribution in [0.5, 0.6) is 0 Å². The lowest BCUT2D eigenvalue weighted by Crippen LogP contribution is -2.46. The van der Waals surface area contributed by atoms with Crippen LogP contribution in [0.25, 0.3) is 0 Å². The fourth-order valence-electron chi connectivity index (χ4n) is 3.67. The first-order valence-electron chi connectivity index (χ1n) is 11.8. The number of rotatable bonds is 10. The lowest BCUT2D eigenvalue weighted by Gasteiger charge is -2.32. The second kappa shape index (κ2) is 12.3. The molecule has 0 saturated heterocycles. The highest BCUT2D eigenvalue weighted by Crippen LogP contribution is 2.30. The first-order valence-corrected chi connectivity index (χ1v) is 12.6. The highest BCUT2D eigenvalue weighted by Gasteiger charge is 2.33. The van der Waals surface area contributed by atoms with Crippen LogP contribution in [0.4, 0.5) is 10.8 Å². The Morgan fingerprint density at radius 3 is 2.26 bits per heavy atom. The summed E-state index contributed by atoms with van der Waals surface area (Å²) < 4.78 is 0. The molecule has 0 saturated carbocycles. The second-order valence-electron chi connectivity index (χ2n) is 8.65. The van der Waals surface area contributed by atoms with E-state index in [0.29, 0.717) is 16.4 Å². The number of nitrogens with one attached hydrogen (secondary N) is 2. The average Bonchev–Trinajstić information content (AvgIpc) is 3.34. The Morgan fingerprint density at radius 1 is 1.00 bits per heavy atom. The van der Waals surface area contributed by atoms with Crippen LogP contribution >= 0.6 is 11.3 Å². The lowest BCUT2D eigenvalue weighted by atomic mass is 10.00. The van der Waals surface area contributed by atoms with Crippen molar-refractivity contribution in [2.45, 2.75) is 59.0 Å². The van der Waals surface area contributed by atoms with E-state index in [1.165, 1.54) is 16.2 Å². The second-order valence-corrected chi connectivity index (χ2v) is 9.54. The summed E-state index contributed by atoms with van der Waals surface area (Å²) in [7, 11) is 0. The number of carbonyl (C=O) groups excluding carboxylic acids is 3. The van der Waals surface area contributed by atoms with E-state index in [1.807, 2.05) is 69.3 Å². The number of anilines is 2. The van der Waals surface area contributed by atoms with E-state index >= 15 is 0 Å². The van der Waals surface area contributed by atoms with Gasteiger partial charge in [-0.05, 0) is 50.5 Å². The highest BCUT2D eigenvalue weighted by atomic mass is 32.1. The molecule has 1 heterocycles. The molecule has 0 fully saturated rings. The van der Waals surface area contributed by atoms with Crippen LogP contribution in [0, 0.1) is 6.92 Å². The number of aromatic nitrogens is 1. The number of thiazole rings is 1. The van der Waals surface area contributed by atoms with Crippen LogP contribution in [0.1, 0.15) is 56.3 Å². The van der Waals surface area contributed by atoms with Crippen molar-refractivity contribution in [2.75, 3.05) is 10.2 Å². The first-order chi connectivity index (χ1) is 16.8. The van der Waals surface area contributed by atoms with Crippen molar-refractivity contribution >= 4 is 39.9 Å². The molecule has 0 aliphatic rings. The lowest BCUT2D eigenvalue weighted by molar-refractivity contribution is -0.127. The number of aryl methyl sites for hydroxylation is 2. The Hall–Kier alpha value is -3.52. The molecule has 7 nitrogen and oxygen atoms in total. The average molecular weight is 493 g/mol. The van der Waals surface area contributed by atoms with Crippen LogP contribution in [0.2, 0.25) is 0 Å². The van der Waals surface area contributed by atoms with Crippen molar-refractivity contribution < 1.29 is 14.4 Å². The minimum atomic E-state index is -0.875. The molecule has 3 rings (SSSR count). The highest BCUT2D eigenvalue weighted by molar-refractivity contribution is 7.13. The number of nitrogens with zero attached hydrogens (tertiary/aromatic N) is 2. The van der Waals surface area contributed by atoms with Gasteiger partial charge in [0, 0.05) is 36.1 Å². The molecular weight excluding hydrogens is 460 g/mol. The maximum Gasteiger partial charge on any atom is 0.248 e. The summed E-state index contributed by atoms with van der Waals surface area (Å²) in [6.07, 6.45) is 2.39. The SMILES string of the molecule is CCc1ccc(N(C(=O)CCC(=O)Nc2nccs2)C(C(=O)NC(C)C)c2ccc(C)cc2)cc1. The third-order valence-electron chi connectivity index (χ3n) is 5.47. The zero-order valence-corrected chi connectivity index (χ0v) is 21.4.